The number of amides is 2. The SMILES string of the molecule is COc1cc(N)c(Cl)cc1C(=O)NCC1CN(CC2CCN(C(=O)c3ccco3)CC2)CCO1. The summed E-state index contributed by atoms with van der Waals surface area (Å²) >= 11 is 6.08. The number of morpholine rings is 1. The maximum Gasteiger partial charge on any atom is 0.289 e. The number of halogens is 1. The number of hydrogen-bond donors (Lipinski definition) is 2. The third-order valence-electron chi connectivity index (χ3n) is 6.43. The Morgan fingerprint density at radius 2 is 2.06 bits per heavy atom. The van der Waals surface area contributed by atoms with E-state index in [1.54, 1.807) is 18.2 Å². The Morgan fingerprint density at radius 3 is 2.76 bits per heavy atom. The molecule has 1 unspecified atom stereocenters. The lowest BCUT2D eigenvalue weighted by Gasteiger charge is -2.38. The molecule has 0 bridgehead atoms. The van der Waals surface area contributed by atoms with Crippen LogP contribution in [0.5, 0.6) is 5.75 Å². The van der Waals surface area contributed by atoms with Crippen LogP contribution in [0.15, 0.2) is 34.9 Å². The van der Waals surface area contributed by atoms with Gasteiger partial charge in [0.15, 0.2) is 5.76 Å². The van der Waals surface area contributed by atoms with Gasteiger partial charge in [0, 0.05) is 45.3 Å². The summed E-state index contributed by atoms with van der Waals surface area (Å²) in [6.45, 7) is 5.03. The van der Waals surface area contributed by atoms with Gasteiger partial charge in [-0.1, -0.05) is 11.6 Å². The molecule has 2 aromatic rings. The first-order valence-corrected chi connectivity index (χ1v) is 11.9. The fraction of sp³-hybridized carbons (Fsp3) is 0.500. The maximum absolute atomic E-state index is 12.7. The van der Waals surface area contributed by atoms with E-state index in [9.17, 15) is 9.59 Å². The number of piperidine rings is 1. The zero-order chi connectivity index (χ0) is 24.1. The lowest BCUT2D eigenvalue weighted by Crippen LogP contribution is -2.50. The van der Waals surface area contributed by atoms with Crippen molar-refractivity contribution in [2.24, 2.45) is 5.92 Å². The minimum atomic E-state index is -0.284. The summed E-state index contributed by atoms with van der Waals surface area (Å²) in [5, 5.41) is 3.23. The third kappa shape index (κ3) is 5.84. The molecule has 3 N–H and O–H groups in total. The number of anilines is 1. The van der Waals surface area contributed by atoms with Crippen LogP contribution >= 0.6 is 11.6 Å². The highest BCUT2D eigenvalue weighted by Gasteiger charge is 2.28. The molecule has 2 fully saturated rings. The number of benzene rings is 1. The first-order chi connectivity index (χ1) is 16.4. The number of likely N-dealkylation sites (tertiary alicyclic amines) is 1. The van der Waals surface area contributed by atoms with Crippen LogP contribution in [0.1, 0.15) is 33.8 Å². The number of carbonyl (C=O) groups is 2. The van der Waals surface area contributed by atoms with Gasteiger partial charge in [-0.05, 0) is 37.0 Å². The molecule has 1 aromatic heterocycles. The summed E-state index contributed by atoms with van der Waals surface area (Å²) in [6.07, 6.45) is 3.35. The molecule has 0 spiro atoms. The number of nitrogens with zero attached hydrogens (tertiary/aromatic N) is 2. The van der Waals surface area contributed by atoms with Gasteiger partial charge in [-0.2, -0.15) is 0 Å². The monoisotopic (exact) mass is 490 g/mol. The molecule has 0 radical (unpaired) electrons. The number of furan rings is 1. The van der Waals surface area contributed by atoms with E-state index >= 15 is 0 Å². The predicted octanol–water partition coefficient (Wildman–Crippen LogP) is 2.51. The molecule has 2 amide bonds. The normalized spacial score (nSPS) is 19.7. The van der Waals surface area contributed by atoms with Gasteiger partial charge in [-0.3, -0.25) is 14.5 Å². The van der Waals surface area contributed by atoms with Gasteiger partial charge in [0.25, 0.3) is 11.8 Å². The number of carbonyl (C=O) groups excluding carboxylic acids is 2. The van der Waals surface area contributed by atoms with Crippen molar-refractivity contribution in [1.82, 2.24) is 15.1 Å². The van der Waals surface area contributed by atoms with Gasteiger partial charge in [-0.15, -0.1) is 0 Å². The summed E-state index contributed by atoms with van der Waals surface area (Å²) in [5.74, 6) is 0.978. The van der Waals surface area contributed by atoms with Crippen LogP contribution < -0.4 is 15.8 Å². The van der Waals surface area contributed by atoms with E-state index in [-0.39, 0.29) is 17.9 Å². The van der Waals surface area contributed by atoms with E-state index in [1.165, 1.54) is 19.4 Å². The van der Waals surface area contributed by atoms with Crippen LogP contribution in [-0.4, -0.2) is 80.7 Å². The largest absolute Gasteiger partial charge is 0.496 e. The van der Waals surface area contributed by atoms with Crippen molar-refractivity contribution < 1.29 is 23.5 Å². The van der Waals surface area contributed by atoms with Gasteiger partial charge < -0.3 is 29.8 Å². The van der Waals surface area contributed by atoms with Crippen LogP contribution in [0, 0.1) is 5.92 Å². The van der Waals surface area contributed by atoms with E-state index in [1.807, 2.05) is 4.90 Å². The van der Waals surface area contributed by atoms with Crippen molar-refractivity contribution in [1.29, 1.82) is 0 Å². The smallest absolute Gasteiger partial charge is 0.289 e. The number of hydrogen-bond acceptors (Lipinski definition) is 7. The number of methoxy groups -OCH3 is 1. The molecule has 34 heavy (non-hydrogen) atoms. The van der Waals surface area contributed by atoms with E-state index < -0.39 is 0 Å². The second-order valence-electron chi connectivity index (χ2n) is 8.75. The predicted molar refractivity (Wildman–Crippen MR) is 128 cm³/mol. The fourth-order valence-electron chi connectivity index (χ4n) is 4.53. The lowest BCUT2D eigenvalue weighted by atomic mass is 9.95. The summed E-state index contributed by atoms with van der Waals surface area (Å²) in [7, 11) is 1.49. The first kappa shape index (κ1) is 24.4. The van der Waals surface area contributed by atoms with Gasteiger partial charge in [0.05, 0.1) is 42.4 Å². The average molecular weight is 491 g/mol. The Morgan fingerprint density at radius 1 is 1.26 bits per heavy atom. The zero-order valence-electron chi connectivity index (χ0n) is 19.3. The summed E-state index contributed by atoms with van der Waals surface area (Å²) in [5.41, 5.74) is 6.50. The number of ether oxygens (including phenoxy) is 2. The van der Waals surface area contributed by atoms with Crippen LogP contribution in [0.4, 0.5) is 5.69 Å². The molecule has 184 valence electrons. The van der Waals surface area contributed by atoms with Crippen molar-refractivity contribution in [3.8, 4) is 5.75 Å². The minimum Gasteiger partial charge on any atom is -0.496 e. The van der Waals surface area contributed by atoms with Gasteiger partial charge in [-0.25, -0.2) is 0 Å². The second-order valence-corrected chi connectivity index (χ2v) is 9.16. The molecule has 9 nitrogen and oxygen atoms in total. The van der Waals surface area contributed by atoms with E-state index in [4.69, 9.17) is 31.2 Å². The molecule has 0 aliphatic carbocycles. The third-order valence-corrected chi connectivity index (χ3v) is 6.75. The number of nitrogens with two attached hydrogens (primary N) is 1. The van der Waals surface area contributed by atoms with Crippen molar-refractivity contribution in [3.05, 3.63) is 46.9 Å². The minimum absolute atomic E-state index is 0.0374. The molecule has 2 aliphatic rings. The van der Waals surface area contributed by atoms with Crippen LogP contribution in [-0.2, 0) is 4.74 Å². The Balaban J connectivity index is 1.23. The Kier molecular flexibility index (Phi) is 7.97. The van der Waals surface area contributed by atoms with Crippen molar-refractivity contribution in [2.75, 3.05) is 58.7 Å². The Hall–Kier alpha value is -2.75. The van der Waals surface area contributed by atoms with Crippen molar-refractivity contribution in [3.63, 3.8) is 0 Å². The second kappa shape index (κ2) is 11.1. The molecule has 0 saturated carbocycles. The standard InChI is InChI=1S/C24H31ClN4O5/c1-32-22-12-20(26)19(25)11-18(22)23(30)27-13-17-15-28(8-10-33-17)14-16-4-6-29(7-5-16)24(31)21-3-2-9-34-21/h2-3,9,11-12,16-17H,4-8,10,13-15,26H2,1H3,(H,27,30). The first-order valence-electron chi connectivity index (χ1n) is 11.5. The molecule has 10 heteroatoms. The van der Waals surface area contributed by atoms with Gasteiger partial charge in [0.2, 0.25) is 0 Å². The van der Waals surface area contributed by atoms with Gasteiger partial charge >= 0.3 is 0 Å². The zero-order valence-corrected chi connectivity index (χ0v) is 20.1. The van der Waals surface area contributed by atoms with Crippen molar-refractivity contribution in [2.45, 2.75) is 18.9 Å². The van der Waals surface area contributed by atoms with E-state index in [0.717, 1.165) is 45.6 Å². The topological polar surface area (TPSA) is 110 Å². The maximum atomic E-state index is 12.7. The van der Waals surface area contributed by atoms with Crippen LogP contribution in [0.2, 0.25) is 5.02 Å². The molecule has 3 heterocycles. The molecular formula is C24H31ClN4O5. The molecule has 2 saturated heterocycles. The highest BCUT2D eigenvalue weighted by molar-refractivity contribution is 6.33. The van der Waals surface area contributed by atoms with Crippen LogP contribution in [0.3, 0.4) is 0 Å². The van der Waals surface area contributed by atoms with Crippen molar-refractivity contribution >= 4 is 29.1 Å². The Labute approximate surface area is 204 Å². The average Bonchev–Trinajstić information content (AvgIpc) is 3.39. The molecular weight excluding hydrogens is 460 g/mol. The van der Waals surface area contributed by atoms with Crippen LogP contribution in [0.25, 0.3) is 0 Å². The Bertz CT molecular complexity index is 991. The van der Waals surface area contributed by atoms with E-state index in [0.29, 0.717) is 46.9 Å². The van der Waals surface area contributed by atoms with Gasteiger partial charge in [0.1, 0.15) is 5.75 Å². The fourth-order valence-corrected chi connectivity index (χ4v) is 4.69. The summed E-state index contributed by atoms with van der Waals surface area (Å²) < 4.78 is 16.4. The molecule has 4 rings (SSSR count). The van der Waals surface area contributed by atoms with E-state index in [2.05, 4.69) is 10.2 Å². The quantitative estimate of drug-likeness (QED) is 0.574. The highest BCUT2D eigenvalue weighted by atomic mass is 35.5. The summed E-state index contributed by atoms with van der Waals surface area (Å²) in [6, 6.07) is 6.50. The number of nitrogens with one attached hydrogen (secondary N) is 1. The summed E-state index contributed by atoms with van der Waals surface area (Å²) in [4.78, 5) is 29.4. The molecule has 2 aliphatic heterocycles. The lowest BCUT2D eigenvalue weighted by molar-refractivity contribution is -0.0333. The highest BCUT2D eigenvalue weighted by Crippen LogP contribution is 2.29. The number of nitrogen functional groups attached to an aromatic ring is 1. The molecule has 1 atom stereocenters. The number of rotatable bonds is 7. The molecule has 1 aromatic carbocycles.